The van der Waals surface area contributed by atoms with Crippen LogP contribution < -0.4 is 5.32 Å². The van der Waals surface area contributed by atoms with Crippen molar-refractivity contribution in [1.82, 2.24) is 4.90 Å². The van der Waals surface area contributed by atoms with Gasteiger partial charge in [0.05, 0.1) is 34.8 Å². The van der Waals surface area contributed by atoms with Crippen LogP contribution in [0.25, 0.3) is 5.57 Å². The maximum Gasteiger partial charge on any atom is 0.408 e. The van der Waals surface area contributed by atoms with Crippen LogP contribution in [0.3, 0.4) is 0 Å². The third-order valence-electron chi connectivity index (χ3n) is 5.99. The van der Waals surface area contributed by atoms with Crippen LogP contribution in [0.15, 0.2) is 41.3 Å². The summed E-state index contributed by atoms with van der Waals surface area (Å²) in [6.07, 6.45) is 1.52. The Labute approximate surface area is 218 Å². The molecule has 1 atom stereocenters. The van der Waals surface area contributed by atoms with Crippen molar-refractivity contribution in [3.63, 3.8) is 0 Å². The number of carbonyl (C=O) groups excluding carboxylic acids is 1. The zero-order valence-electron chi connectivity index (χ0n) is 19.3. The number of carboxylic acid groups (broad SMARTS) is 1. The van der Waals surface area contributed by atoms with Gasteiger partial charge < -0.3 is 15.2 Å². The van der Waals surface area contributed by atoms with Gasteiger partial charge >= 0.3 is 6.09 Å². The molecule has 0 bridgehead atoms. The molecule has 0 spiro atoms. The van der Waals surface area contributed by atoms with Gasteiger partial charge in [0.15, 0.2) is 0 Å². The number of carbonyl (C=O) groups is 2. The molecule has 0 radical (unpaired) electrons. The van der Waals surface area contributed by atoms with Crippen LogP contribution in [0, 0.1) is 0 Å². The second-order valence-electron chi connectivity index (χ2n) is 8.21. The van der Waals surface area contributed by atoms with Gasteiger partial charge in [0.1, 0.15) is 6.04 Å². The monoisotopic (exact) mass is 554 g/mol. The predicted octanol–water partition coefficient (Wildman–Crippen LogP) is 4.74. The van der Waals surface area contributed by atoms with Gasteiger partial charge in [0.2, 0.25) is 0 Å². The van der Waals surface area contributed by atoms with E-state index in [9.17, 15) is 23.1 Å². The van der Waals surface area contributed by atoms with Crippen molar-refractivity contribution in [2.75, 3.05) is 31.7 Å². The Kier molecular flexibility index (Phi) is 7.91. The second kappa shape index (κ2) is 10.8. The molecule has 9 nitrogen and oxygen atoms in total. The highest BCUT2D eigenvalue weighted by Gasteiger charge is 2.37. The van der Waals surface area contributed by atoms with Crippen molar-refractivity contribution < 1.29 is 32.0 Å². The Morgan fingerprint density at radius 3 is 2.53 bits per heavy atom. The first-order valence-corrected chi connectivity index (χ1v) is 13.4. The summed E-state index contributed by atoms with van der Waals surface area (Å²) in [6, 6.07) is 6.09. The highest BCUT2D eigenvalue weighted by molar-refractivity contribution is 7.86. The van der Waals surface area contributed by atoms with Crippen molar-refractivity contribution in [1.29, 1.82) is 0 Å². The van der Waals surface area contributed by atoms with E-state index in [1.54, 1.807) is 19.1 Å². The second-order valence-corrected chi connectivity index (χ2v) is 10.6. The fraction of sp³-hybridized carbons (Fsp3) is 0.333. The summed E-state index contributed by atoms with van der Waals surface area (Å²) in [5.41, 5.74) is 2.85. The van der Waals surface area contributed by atoms with Crippen molar-refractivity contribution in [3.05, 3.63) is 63.1 Å². The first kappa shape index (κ1) is 26.4. The lowest BCUT2D eigenvalue weighted by Crippen LogP contribution is -2.44. The summed E-state index contributed by atoms with van der Waals surface area (Å²) in [5.74, 6) is -0.621. The van der Waals surface area contributed by atoms with E-state index in [0.717, 1.165) is 10.5 Å². The first-order valence-electron chi connectivity index (χ1n) is 11.2. The first-order chi connectivity index (χ1) is 17.1. The van der Waals surface area contributed by atoms with Crippen LogP contribution >= 0.6 is 23.2 Å². The predicted molar refractivity (Wildman–Crippen MR) is 135 cm³/mol. The maximum atomic E-state index is 13.4. The van der Waals surface area contributed by atoms with Gasteiger partial charge in [0, 0.05) is 17.8 Å². The smallest absolute Gasteiger partial charge is 0.408 e. The molecule has 0 aliphatic carbocycles. The van der Waals surface area contributed by atoms with Gasteiger partial charge in [-0.15, -0.1) is 0 Å². The Bertz CT molecular complexity index is 1320. The number of hydrogen-bond acceptors (Lipinski definition) is 6. The minimum atomic E-state index is -3.96. The standard InChI is InChI=1S/C24H24Cl2N2O7S/c1-2-35-36(32,33)17-3-4-18-15(11-17)5-8-28(24(30)31)22(18)23(29)27-16-12-19(25)21(20(26)13-16)14-6-9-34-10-7-14/h3-4,6,11-13,22H,2,5,7-10H2,1H3,(H,27,29)(H,30,31). The van der Waals surface area contributed by atoms with Gasteiger partial charge in [0.25, 0.3) is 16.0 Å². The minimum absolute atomic E-state index is 0.00916. The summed E-state index contributed by atoms with van der Waals surface area (Å²) in [5, 5.41) is 13.1. The summed E-state index contributed by atoms with van der Waals surface area (Å²) in [4.78, 5) is 26.3. The molecule has 2 aliphatic rings. The lowest BCUT2D eigenvalue weighted by atomic mass is 9.92. The molecule has 2 aromatic rings. The number of halogens is 2. The van der Waals surface area contributed by atoms with Crippen molar-refractivity contribution in [2.24, 2.45) is 0 Å². The number of fused-ring (bicyclic) bond motifs is 1. The summed E-state index contributed by atoms with van der Waals surface area (Å²) >= 11 is 13.0. The fourth-order valence-electron chi connectivity index (χ4n) is 4.39. The Hall–Kier alpha value is -2.63. The average Bonchev–Trinajstić information content (AvgIpc) is 2.83. The topological polar surface area (TPSA) is 122 Å². The molecule has 12 heteroatoms. The lowest BCUT2D eigenvalue weighted by molar-refractivity contribution is -0.121. The van der Waals surface area contributed by atoms with Gasteiger partial charge in [-0.25, -0.2) is 4.79 Å². The van der Waals surface area contributed by atoms with Crippen LogP contribution in [0.1, 0.15) is 36.1 Å². The van der Waals surface area contributed by atoms with Crippen LogP contribution in [0.2, 0.25) is 10.0 Å². The molecule has 2 amide bonds. The van der Waals surface area contributed by atoms with Crippen LogP contribution in [0.4, 0.5) is 10.5 Å². The lowest BCUT2D eigenvalue weighted by Gasteiger charge is -2.34. The largest absolute Gasteiger partial charge is 0.465 e. The van der Waals surface area contributed by atoms with Gasteiger partial charge in [-0.3, -0.25) is 13.9 Å². The maximum absolute atomic E-state index is 13.4. The van der Waals surface area contributed by atoms with E-state index in [4.69, 9.17) is 32.1 Å². The number of hydrogen-bond donors (Lipinski definition) is 2. The number of nitrogens with zero attached hydrogens (tertiary/aromatic N) is 1. The average molecular weight is 555 g/mol. The minimum Gasteiger partial charge on any atom is -0.465 e. The molecule has 4 rings (SSSR count). The molecule has 0 aromatic heterocycles. The molecule has 192 valence electrons. The fourth-order valence-corrected chi connectivity index (χ4v) is 6.09. The number of nitrogens with one attached hydrogen (secondary N) is 1. The molecule has 36 heavy (non-hydrogen) atoms. The van der Waals surface area contributed by atoms with E-state index in [-0.39, 0.29) is 24.5 Å². The van der Waals surface area contributed by atoms with E-state index >= 15 is 0 Å². The van der Waals surface area contributed by atoms with E-state index in [1.807, 2.05) is 6.08 Å². The van der Waals surface area contributed by atoms with Crippen molar-refractivity contribution in [2.45, 2.75) is 30.7 Å². The van der Waals surface area contributed by atoms with Gasteiger partial charge in [-0.05, 0) is 60.7 Å². The number of ether oxygens (including phenoxy) is 1. The Morgan fingerprint density at radius 2 is 1.92 bits per heavy atom. The van der Waals surface area contributed by atoms with Gasteiger partial charge in [-0.2, -0.15) is 8.42 Å². The molecule has 2 aliphatic heterocycles. The van der Waals surface area contributed by atoms with Crippen LogP contribution in [0.5, 0.6) is 0 Å². The SMILES string of the molecule is CCOS(=O)(=O)c1ccc2c(c1)CCN(C(=O)O)C2C(=O)Nc1cc(Cl)c(C2=CCOCC2)c(Cl)c1. The van der Waals surface area contributed by atoms with Crippen LogP contribution in [-0.2, 0) is 30.3 Å². The quantitative estimate of drug-likeness (QED) is 0.494. The highest BCUT2D eigenvalue weighted by Crippen LogP contribution is 2.38. The Morgan fingerprint density at radius 1 is 1.19 bits per heavy atom. The summed E-state index contributed by atoms with van der Waals surface area (Å²) < 4.78 is 34.8. The van der Waals surface area contributed by atoms with Crippen molar-refractivity contribution >= 4 is 56.6 Å². The summed E-state index contributed by atoms with van der Waals surface area (Å²) in [7, 11) is -3.96. The third kappa shape index (κ3) is 5.37. The molecule has 1 unspecified atom stereocenters. The normalized spacial score (nSPS) is 17.8. The number of benzene rings is 2. The molecule has 2 aromatic carbocycles. The highest BCUT2D eigenvalue weighted by atomic mass is 35.5. The van der Waals surface area contributed by atoms with E-state index in [0.29, 0.717) is 52.1 Å². The molecular formula is C24H24Cl2N2O7S. The molecule has 0 saturated heterocycles. The van der Waals surface area contributed by atoms with E-state index in [2.05, 4.69) is 5.32 Å². The molecule has 2 heterocycles. The zero-order valence-corrected chi connectivity index (χ0v) is 21.6. The zero-order chi connectivity index (χ0) is 26.0. The summed E-state index contributed by atoms with van der Waals surface area (Å²) in [6.45, 7) is 2.56. The molecule has 0 saturated carbocycles. The molecular weight excluding hydrogens is 531 g/mol. The third-order valence-corrected chi connectivity index (χ3v) is 7.97. The van der Waals surface area contributed by atoms with Crippen LogP contribution in [-0.4, -0.2) is 56.8 Å². The van der Waals surface area contributed by atoms with E-state index < -0.39 is 28.2 Å². The molecule has 2 N–H and O–H groups in total. The number of amides is 2. The number of rotatable bonds is 6. The van der Waals surface area contributed by atoms with E-state index in [1.165, 1.54) is 18.2 Å². The number of anilines is 1. The van der Waals surface area contributed by atoms with Gasteiger partial charge in [-0.1, -0.05) is 35.3 Å². The molecule has 0 fully saturated rings. The Balaban J connectivity index is 1.65. The van der Waals surface area contributed by atoms with Crippen molar-refractivity contribution in [3.8, 4) is 0 Å².